The Kier molecular flexibility index (Phi) is 9.89. The van der Waals surface area contributed by atoms with Gasteiger partial charge in [-0.15, -0.1) is 0 Å². The molecule has 0 saturated carbocycles. The molecule has 0 bridgehead atoms. The van der Waals surface area contributed by atoms with Crippen LogP contribution in [0.15, 0.2) is 96.5 Å². The van der Waals surface area contributed by atoms with Crippen molar-refractivity contribution in [3.63, 3.8) is 0 Å². The van der Waals surface area contributed by atoms with E-state index in [1.54, 1.807) is 54.7 Å². The van der Waals surface area contributed by atoms with Gasteiger partial charge in [0, 0.05) is 25.0 Å². The minimum atomic E-state index is -0.509. The number of aliphatic hydroxyl groups is 1. The van der Waals surface area contributed by atoms with E-state index >= 15 is 0 Å². The number of Topliss-reactive ketones (excluding diaryl/α,β-unsaturated/α-hetero) is 1. The van der Waals surface area contributed by atoms with Gasteiger partial charge in [0.1, 0.15) is 17.2 Å². The topological polar surface area (TPSA) is 116 Å². The van der Waals surface area contributed by atoms with E-state index in [2.05, 4.69) is 10.6 Å². The van der Waals surface area contributed by atoms with Crippen LogP contribution in [0.25, 0.3) is 6.08 Å². The van der Waals surface area contributed by atoms with E-state index in [1.807, 2.05) is 19.1 Å². The summed E-state index contributed by atoms with van der Waals surface area (Å²) in [6.07, 6.45) is 20.1. The second-order valence-corrected chi connectivity index (χ2v) is 6.87. The van der Waals surface area contributed by atoms with E-state index in [0.717, 1.165) is 5.56 Å². The third-order valence-electron chi connectivity index (χ3n) is 4.33. The molecule has 1 aliphatic carbocycles. The molecule has 0 saturated heterocycles. The van der Waals surface area contributed by atoms with E-state index in [-0.39, 0.29) is 47.4 Å². The first kappa shape index (κ1) is 24.9. The normalized spacial score (nSPS) is 14.9. The van der Waals surface area contributed by atoms with Crippen LogP contribution in [0.3, 0.4) is 0 Å². The third kappa shape index (κ3) is 8.70. The molecule has 1 aromatic carbocycles. The average molecular weight is 447 g/mol. The largest absolute Gasteiger partial charge is 0.510 e. The fourth-order valence-electron chi connectivity index (χ4n) is 2.70. The van der Waals surface area contributed by atoms with Crippen LogP contribution in [-0.4, -0.2) is 27.8 Å². The summed E-state index contributed by atoms with van der Waals surface area (Å²) in [4.78, 5) is 35.3. The highest BCUT2D eigenvalue weighted by molar-refractivity contribution is 6.03. The quantitative estimate of drug-likeness (QED) is 0.255. The number of benzene rings is 1. The maximum atomic E-state index is 12.0. The standard InChI is InChI=1S/C26H26N2O5/c1-2-3-4-5-9-12-24(32)27-20-18-19(14-15-21(20)29)11-8-6-7-10-13-25(33)28-26-22(30)16-17-23(26)31/h2-15,18,29-30H,16-17H2,1H3,(H,27,32)(H,28,33). The number of nitrogens with one attached hydrogen (secondary N) is 2. The summed E-state index contributed by atoms with van der Waals surface area (Å²) < 4.78 is 0. The maximum absolute atomic E-state index is 12.0. The third-order valence-corrected chi connectivity index (χ3v) is 4.33. The van der Waals surface area contributed by atoms with E-state index in [4.69, 9.17) is 0 Å². The Morgan fingerprint density at radius 3 is 2.12 bits per heavy atom. The molecule has 0 atom stereocenters. The lowest BCUT2D eigenvalue weighted by Crippen LogP contribution is -2.24. The van der Waals surface area contributed by atoms with Gasteiger partial charge in [0.2, 0.25) is 11.8 Å². The molecule has 170 valence electrons. The molecule has 7 nitrogen and oxygen atoms in total. The number of aromatic hydroxyl groups is 1. The number of rotatable bonds is 9. The summed E-state index contributed by atoms with van der Waals surface area (Å²) >= 11 is 0. The molecule has 0 aliphatic heterocycles. The highest BCUT2D eigenvalue weighted by Gasteiger charge is 2.23. The first-order chi connectivity index (χ1) is 15.9. The molecule has 0 heterocycles. The van der Waals surface area contributed by atoms with Crippen LogP contribution in [0.4, 0.5) is 5.69 Å². The Hall–Kier alpha value is -4.39. The minimum absolute atomic E-state index is 0.0376. The Morgan fingerprint density at radius 2 is 1.48 bits per heavy atom. The number of anilines is 1. The average Bonchev–Trinajstić information content (AvgIpc) is 3.10. The second-order valence-electron chi connectivity index (χ2n) is 6.87. The number of carbonyl (C=O) groups excluding carboxylic acids is 3. The number of phenols is 1. The lowest BCUT2D eigenvalue weighted by Gasteiger charge is -2.06. The molecule has 4 N–H and O–H groups in total. The number of hydrogen-bond donors (Lipinski definition) is 4. The van der Waals surface area contributed by atoms with Gasteiger partial charge in [-0.3, -0.25) is 14.4 Å². The van der Waals surface area contributed by atoms with Crippen molar-refractivity contribution in [3.05, 3.63) is 102 Å². The first-order valence-corrected chi connectivity index (χ1v) is 10.3. The van der Waals surface area contributed by atoms with Crippen molar-refractivity contribution in [2.75, 3.05) is 5.32 Å². The fraction of sp³-hybridized carbons (Fsp3) is 0.115. The van der Waals surface area contributed by atoms with Gasteiger partial charge in [0.15, 0.2) is 5.78 Å². The van der Waals surface area contributed by atoms with Gasteiger partial charge in [-0.1, -0.05) is 66.8 Å². The Bertz CT molecular complexity index is 1100. The van der Waals surface area contributed by atoms with E-state index < -0.39 is 5.91 Å². The highest BCUT2D eigenvalue weighted by atomic mass is 16.3. The van der Waals surface area contributed by atoms with Gasteiger partial charge >= 0.3 is 0 Å². The number of hydrogen-bond acceptors (Lipinski definition) is 5. The van der Waals surface area contributed by atoms with Crippen molar-refractivity contribution >= 4 is 29.4 Å². The number of amides is 2. The van der Waals surface area contributed by atoms with Gasteiger partial charge in [-0.05, 0) is 24.6 Å². The van der Waals surface area contributed by atoms with Crippen molar-refractivity contribution in [1.29, 1.82) is 0 Å². The van der Waals surface area contributed by atoms with E-state index in [1.165, 1.54) is 24.3 Å². The number of aliphatic hydroxyl groups excluding tert-OH is 1. The zero-order chi connectivity index (χ0) is 24.1. The van der Waals surface area contributed by atoms with Crippen molar-refractivity contribution in [2.45, 2.75) is 19.8 Å². The smallest absolute Gasteiger partial charge is 0.248 e. The van der Waals surface area contributed by atoms with Crippen LogP contribution in [0.1, 0.15) is 25.3 Å². The van der Waals surface area contributed by atoms with Gasteiger partial charge < -0.3 is 20.8 Å². The summed E-state index contributed by atoms with van der Waals surface area (Å²) in [5.74, 6) is -1.31. The number of allylic oxidation sites excluding steroid dienone is 11. The van der Waals surface area contributed by atoms with E-state index in [9.17, 15) is 24.6 Å². The molecule has 0 fully saturated rings. The maximum Gasteiger partial charge on any atom is 0.248 e. The molecule has 7 heteroatoms. The lowest BCUT2D eigenvalue weighted by molar-refractivity contribution is -0.119. The SMILES string of the molecule is CC=CC=CC=CC(=O)Nc1cc(C=CC=CC=CC(=O)NC2=C(O)CCC2=O)ccc1O. The Balaban J connectivity index is 1.89. The fourth-order valence-corrected chi connectivity index (χ4v) is 2.70. The molecule has 1 aromatic rings. The summed E-state index contributed by atoms with van der Waals surface area (Å²) in [6, 6.07) is 4.80. The van der Waals surface area contributed by atoms with Crippen LogP contribution >= 0.6 is 0 Å². The van der Waals surface area contributed by atoms with Crippen LogP contribution < -0.4 is 10.6 Å². The molecule has 2 rings (SSSR count). The summed E-state index contributed by atoms with van der Waals surface area (Å²) in [5, 5.41) is 24.5. The lowest BCUT2D eigenvalue weighted by atomic mass is 10.1. The molecule has 0 aromatic heterocycles. The summed E-state index contributed by atoms with van der Waals surface area (Å²) in [5.41, 5.74) is 0.988. The number of phenolic OH excluding ortho intramolecular Hbond substituents is 1. The van der Waals surface area contributed by atoms with Crippen LogP contribution in [0.2, 0.25) is 0 Å². The summed E-state index contributed by atoms with van der Waals surface area (Å²) in [6.45, 7) is 1.89. The van der Waals surface area contributed by atoms with Crippen molar-refractivity contribution < 1.29 is 24.6 Å². The monoisotopic (exact) mass is 446 g/mol. The van der Waals surface area contributed by atoms with Crippen LogP contribution in [0, 0.1) is 0 Å². The molecule has 2 amide bonds. The highest BCUT2D eigenvalue weighted by Crippen LogP contribution is 2.25. The molecule has 0 radical (unpaired) electrons. The molecule has 1 aliphatic rings. The number of carbonyl (C=O) groups is 3. The van der Waals surface area contributed by atoms with Crippen molar-refractivity contribution in [2.24, 2.45) is 0 Å². The summed E-state index contributed by atoms with van der Waals surface area (Å²) in [7, 11) is 0. The predicted molar refractivity (Wildman–Crippen MR) is 129 cm³/mol. The van der Waals surface area contributed by atoms with Crippen molar-refractivity contribution in [1.82, 2.24) is 5.32 Å². The second kappa shape index (κ2) is 13.1. The molecule has 33 heavy (non-hydrogen) atoms. The molecular formula is C26H26N2O5. The zero-order valence-electron chi connectivity index (χ0n) is 18.2. The number of ketones is 1. The Labute approximate surface area is 192 Å². The van der Waals surface area contributed by atoms with Gasteiger partial charge in [-0.2, -0.15) is 0 Å². The molecule has 0 spiro atoms. The molecule has 0 unspecified atom stereocenters. The van der Waals surface area contributed by atoms with Crippen molar-refractivity contribution in [3.8, 4) is 5.75 Å². The van der Waals surface area contributed by atoms with Gasteiger partial charge in [0.05, 0.1) is 5.69 Å². The Morgan fingerprint density at radius 1 is 0.848 bits per heavy atom. The molecular weight excluding hydrogens is 420 g/mol. The van der Waals surface area contributed by atoms with Crippen LogP contribution in [-0.2, 0) is 14.4 Å². The minimum Gasteiger partial charge on any atom is -0.510 e. The zero-order valence-corrected chi connectivity index (χ0v) is 18.2. The first-order valence-electron chi connectivity index (χ1n) is 10.3. The van der Waals surface area contributed by atoms with E-state index in [0.29, 0.717) is 0 Å². The van der Waals surface area contributed by atoms with Gasteiger partial charge in [-0.25, -0.2) is 0 Å². The van der Waals surface area contributed by atoms with Gasteiger partial charge in [0.25, 0.3) is 0 Å². The van der Waals surface area contributed by atoms with Crippen LogP contribution in [0.5, 0.6) is 5.75 Å². The predicted octanol–water partition coefficient (Wildman–Crippen LogP) is 4.39.